The van der Waals surface area contributed by atoms with E-state index in [9.17, 15) is 9.90 Å². The molecule has 1 aromatic rings. The van der Waals surface area contributed by atoms with Crippen molar-refractivity contribution in [2.75, 3.05) is 7.11 Å². The number of aryl methyl sites for hydroxylation is 1. The molecule has 3 nitrogen and oxygen atoms in total. The molecule has 0 aliphatic heterocycles. The molecular formula is C15H18O3. The van der Waals surface area contributed by atoms with Crippen molar-refractivity contribution in [1.29, 1.82) is 0 Å². The van der Waals surface area contributed by atoms with Crippen molar-refractivity contribution in [2.45, 2.75) is 38.0 Å². The first-order chi connectivity index (χ1) is 8.51. The second-order valence-corrected chi connectivity index (χ2v) is 5.93. The molecule has 0 bridgehead atoms. The molecule has 0 atom stereocenters. The predicted octanol–water partition coefficient (Wildman–Crippen LogP) is 2.90. The van der Waals surface area contributed by atoms with Gasteiger partial charge in [-0.25, -0.2) is 0 Å². The number of methoxy groups -OCH3 is 1. The summed E-state index contributed by atoms with van der Waals surface area (Å²) in [6.45, 7) is 1.97. The number of carboxylic acid groups (broad SMARTS) is 1. The highest BCUT2D eigenvalue weighted by molar-refractivity contribution is 5.83. The van der Waals surface area contributed by atoms with Crippen LogP contribution in [0.3, 0.4) is 0 Å². The Morgan fingerprint density at radius 1 is 1.33 bits per heavy atom. The van der Waals surface area contributed by atoms with Gasteiger partial charge in [-0.15, -0.1) is 0 Å². The molecule has 2 aliphatic rings. The number of carboxylic acids is 1. The molecule has 0 saturated heterocycles. The van der Waals surface area contributed by atoms with Crippen LogP contribution >= 0.6 is 0 Å². The molecule has 0 radical (unpaired) electrons. The van der Waals surface area contributed by atoms with Gasteiger partial charge in [0.1, 0.15) is 5.75 Å². The summed E-state index contributed by atoms with van der Waals surface area (Å²) in [5.41, 5.74) is 1.63. The van der Waals surface area contributed by atoms with Crippen LogP contribution in [0.15, 0.2) is 18.2 Å². The number of hydrogen-bond acceptors (Lipinski definition) is 2. The van der Waals surface area contributed by atoms with E-state index in [1.54, 1.807) is 7.11 Å². The standard InChI is InChI=1S/C15H18O3/c1-10-3-4-11(7-12(10)18-2)15(13(16)17)8-14(9-15)5-6-14/h3-4,7H,5-6,8-9H2,1-2H3,(H,16,17). The molecule has 1 aromatic carbocycles. The molecule has 18 heavy (non-hydrogen) atoms. The van der Waals surface area contributed by atoms with E-state index in [1.165, 1.54) is 12.8 Å². The van der Waals surface area contributed by atoms with Crippen LogP contribution in [0, 0.1) is 12.3 Å². The van der Waals surface area contributed by atoms with Crippen LogP contribution in [0.2, 0.25) is 0 Å². The van der Waals surface area contributed by atoms with Gasteiger partial charge in [0.2, 0.25) is 0 Å². The van der Waals surface area contributed by atoms with Crippen molar-refractivity contribution in [1.82, 2.24) is 0 Å². The Morgan fingerprint density at radius 3 is 2.50 bits per heavy atom. The topological polar surface area (TPSA) is 46.5 Å². The summed E-state index contributed by atoms with van der Waals surface area (Å²) in [4.78, 5) is 11.7. The molecule has 0 unspecified atom stereocenters. The van der Waals surface area contributed by atoms with E-state index in [1.807, 2.05) is 25.1 Å². The second-order valence-electron chi connectivity index (χ2n) is 5.93. The van der Waals surface area contributed by atoms with Gasteiger partial charge in [0.25, 0.3) is 0 Å². The van der Waals surface area contributed by atoms with Gasteiger partial charge in [0.15, 0.2) is 0 Å². The molecule has 0 heterocycles. The quantitative estimate of drug-likeness (QED) is 0.892. The number of aliphatic carboxylic acids is 1. The third-order valence-electron chi connectivity index (χ3n) is 4.68. The summed E-state index contributed by atoms with van der Waals surface area (Å²) in [5, 5.41) is 9.59. The van der Waals surface area contributed by atoms with Gasteiger partial charge in [-0.1, -0.05) is 12.1 Å². The molecule has 1 N–H and O–H groups in total. The Hall–Kier alpha value is -1.51. The first-order valence-electron chi connectivity index (χ1n) is 6.40. The van der Waals surface area contributed by atoms with Crippen LogP contribution in [-0.2, 0) is 10.2 Å². The minimum Gasteiger partial charge on any atom is -0.496 e. The molecule has 0 aromatic heterocycles. The molecular weight excluding hydrogens is 228 g/mol. The summed E-state index contributed by atoms with van der Waals surface area (Å²) in [6.07, 6.45) is 3.99. The first-order valence-corrected chi connectivity index (χ1v) is 6.40. The van der Waals surface area contributed by atoms with E-state index in [2.05, 4.69) is 0 Å². The largest absolute Gasteiger partial charge is 0.496 e. The number of benzene rings is 1. The van der Waals surface area contributed by atoms with E-state index < -0.39 is 11.4 Å². The van der Waals surface area contributed by atoms with Gasteiger partial charge in [0.05, 0.1) is 12.5 Å². The van der Waals surface area contributed by atoms with E-state index >= 15 is 0 Å². The normalized spacial score (nSPS) is 22.3. The summed E-state index contributed by atoms with van der Waals surface area (Å²) in [7, 11) is 1.63. The lowest BCUT2D eigenvalue weighted by Gasteiger charge is -2.45. The highest BCUT2D eigenvalue weighted by atomic mass is 16.5. The van der Waals surface area contributed by atoms with Crippen molar-refractivity contribution in [3.8, 4) is 5.75 Å². The predicted molar refractivity (Wildman–Crippen MR) is 67.9 cm³/mol. The lowest BCUT2D eigenvalue weighted by Crippen LogP contribution is -2.49. The molecule has 3 rings (SSSR count). The summed E-state index contributed by atoms with van der Waals surface area (Å²) < 4.78 is 5.30. The zero-order chi connectivity index (χ0) is 13.0. The fourth-order valence-corrected chi connectivity index (χ4v) is 3.36. The van der Waals surface area contributed by atoms with Crippen LogP contribution in [0.1, 0.15) is 36.8 Å². The summed E-state index contributed by atoms with van der Waals surface area (Å²) in [6, 6.07) is 5.80. The zero-order valence-corrected chi connectivity index (χ0v) is 10.8. The Balaban J connectivity index is 1.99. The number of hydrogen-bond donors (Lipinski definition) is 1. The Bertz CT molecular complexity index is 506. The fourth-order valence-electron chi connectivity index (χ4n) is 3.36. The number of carbonyl (C=O) groups is 1. The van der Waals surface area contributed by atoms with E-state index in [0.717, 1.165) is 29.7 Å². The van der Waals surface area contributed by atoms with Gasteiger partial charge in [-0.3, -0.25) is 4.79 Å². The van der Waals surface area contributed by atoms with E-state index in [0.29, 0.717) is 5.41 Å². The van der Waals surface area contributed by atoms with Gasteiger partial charge >= 0.3 is 5.97 Å². The summed E-state index contributed by atoms with van der Waals surface area (Å²) in [5.74, 6) is 0.0933. The van der Waals surface area contributed by atoms with E-state index in [4.69, 9.17) is 4.74 Å². The smallest absolute Gasteiger partial charge is 0.314 e. The fraction of sp³-hybridized carbons (Fsp3) is 0.533. The monoisotopic (exact) mass is 246 g/mol. The van der Waals surface area contributed by atoms with Crippen LogP contribution in [0.25, 0.3) is 0 Å². The Morgan fingerprint density at radius 2 is 2.00 bits per heavy atom. The maximum absolute atomic E-state index is 11.7. The van der Waals surface area contributed by atoms with Crippen molar-refractivity contribution in [3.05, 3.63) is 29.3 Å². The van der Waals surface area contributed by atoms with Crippen molar-refractivity contribution >= 4 is 5.97 Å². The molecule has 2 fully saturated rings. The Labute approximate surface area is 107 Å². The highest BCUT2D eigenvalue weighted by Crippen LogP contribution is 2.69. The number of rotatable bonds is 3. The highest BCUT2D eigenvalue weighted by Gasteiger charge is 2.65. The summed E-state index contributed by atoms with van der Waals surface area (Å²) >= 11 is 0. The minimum absolute atomic E-state index is 0.358. The minimum atomic E-state index is -0.689. The molecule has 3 heteroatoms. The van der Waals surface area contributed by atoms with Crippen molar-refractivity contribution in [2.24, 2.45) is 5.41 Å². The Kier molecular flexibility index (Phi) is 2.25. The van der Waals surface area contributed by atoms with Crippen molar-refractivity contribution in [3.63, 3.8) is 0 Å². The maximum atomic E-state index is 11.7. The average Bonchev–Trinajstić information content (AvgIpc) is 3.07. The van der Waals surface area contributed by atoms with Gasteiger partial charge in [-0.2, -0.15) is 0 Å². The lowest BCUT2D eigenvalue weighted by molar-refractivity contribution is -0.150. The average molecular weight is 246 g/mol. The maximum Gasteiger partial charge on any atom is 0.314 e. The van der Waals surface area contributed by atoms with Gasteiger partial charge < -0.3 is 9.84 Å². The SMILES string of the molecule is COc1cc(C2(C(=O)O)CC3(CC3)C2)ccc1C. The van der Waals surface area contributed by atoms with Crippen LogP contribution < -0.4 is 4.74 Å². The second kappa shape index (κ2) is 3.50. The third-order valence-corrected chi connectivity index (χ3v) is 4.68. The van der Waals surface area contributed by atoms with Crippen LogP contribution in [-0.4, -0.2) is 18.2 Å². The van der Waals surface area contributed by atoms with E-state index in [-0.39, 0.29) is 0 Å². The molecule has 1 spiro atoms. The molecule has 2 saturated carbocycles. The van der Waals surface area contributed by atoms with Crippen LogP contribution in [0.4, 0.5) is 0 Å². The van der Waals surface area contributed by atoms with Crippen molar-refractivity contribution < 1.29 is 14.6 Å². The van der Waals surface area contributed by atoms with Gasteiger partial charge in [0, 0.05) is 0 Å². The lowest BCUT2D eigenvalue weighted by atomic mass is 9.56. The molecule has 96 valence electrons. The number of ether oxygens (including phenoxy) is 1. The molecule has 2 aliphatic carbocycles. The molecule has 0 amide bonds. The zero-order valence-electron chi connectivity index (χ0n) is 10.8. The van der Waals surface area contributed by atoms with Crippen LogP contribution in [0.5, 0.6) is 5.75 Å². The van der Waals surface area contributed by atoms with Gasteiger partial charge in [-0.05, 0) is 55.2 Å². The third kappa shape index (κ3) is 1.46. The first kappa shape index (κ1) is 11.6.